The molecule has 0 bridgehead atoms. The Balaban J connectivity index is 2.82. The molecule has 0 fully saturated rings. The van der Waals surface area contributed by atoms with Gasteiger partial charge in [-0.1, -0.05) is 6.07 Å². The molecule has 0 atom stereocenters. The number of rotatable bonds is 9. The highest BCUT2D eigenvalue weighted by molar-refractivity contribution is 5.97. The Hall–Kier alpha value is -1.92. The van der Waals surface area contributed by atoms with Gasteiger partial charge < -0.3 is 19.5 Å². The van der Waals surface area contributed by atoms with E-state index in [1.807, 2.05) is 0 Å². The fourth-order valence-electron chi connectivity index (χ4n) is 1.88. The van der Waals surface area contributed by atoms with Gasteiger partial charge in [0.2, 0.25) is 0 Å². The zero-order chi connectivity index (χ0) is 15.7. The van der Waals surface area contributed by atoms with E-state index in [-0.39, 0.29) is 11.5 Å². The normalized spacial score (nSPS) is 10.4. The molecule has 1 rings (SSSR count). The smallest absolute Gasteiger partial charge is 0.335 e. The van der Waals surface area contributed by atoms with E-state index in [0.717, 1.165) is 0 Å². The SMILES string of the molecule is COCCCN(CCOC)C(=O)c1cccc(C(=O)O)c1. The molecule has 0 saturated heterocycles. The van der Waals surface area contributed by atoms with Crippen LogP contribution in [-0.4, -0.2) is 62.4 Å². The van der Waals surface area contributed by atoms with Crippen LogP contribution in [0.25, 0.3) is 0 Å². The number of hydrogen-bond acceptors (Lipinski definition) is 4. The molecule has 0 spiro atoms. The zero-order valence-corrected chi connectivity index (χ0v) is 12.4. The van der Waals surface area contributed by atoms with E-state index in [2.05, 4.69) is 0 Å². The summed E-state index contributed by atoms with van der Waals surface area (Å²) in [5.74, 6) is -1.25. The van der Waals surface area contributed by atoms with Crippen molar-refractivity contribution in [1.29, 1.82) is 0 Å². The zero-order valence-electron chi connectivity index (χ0n) is 12.4. The van der Waals surface area contributed by atoms with Gasteiger partial charge in [-0.3, -0.25) is 4.79 Å². The topological polar surface area (TPSA) is 76.1 Å². The van der Waals surface area contributed by atoms with Crippen LogP contribution in [0.3, 0.4) is 0 Å². The predicted octanol–water partition coefficient (Wildman–Crippen LogP) is 1.51. The van der Waals surface area contributed by atoms with Crippen LogP contribution in [0.5, 0.6) is 0 Å². The first-order chi connectivity index (χ1) is 10.1. The lowest BCUT2D eigenvalue weighted by Crippen LogP contribution is -2.35. The number of carboxylic acids is 1. The number of benzene rings is 1. The molecule has 0 aromatic heterocycles. The highest BCUT2D eigenvalue weighted by atomic mass is 16.5. The number of amides is 1. The van der Waals surface area contributed by atoms with Crippen LogP contribution in [0.2, 0.25) is 0 Å². The summed E-state index contributed by atoms with van der Waals surface area (Å²) >= 11 is 0. The van der Waals surface area contributed by atoms with Gasteiger partial charge in [-0.15, -0.1) is 0 Å². The third-order valence-electron chi connectivity index (χ3n) is 2.99. The summed E-state index contributed by atoms with van der Waals surface area (Å²) in [7, 11) is 3.18. The monoisotopic (exact) mass is 295 g/mol. The molecule has 0 aliphatic heterocycles. The van der Waals surface area contributed by atoms with Crippen LogP contribution in [0.1, 0.15) is 27.1 Å². The van der Waals surface area contributed by atoms with E-state index in [1.165, 1.54) is 12.1 Å². The average molecular weight is 295 g/mol. The Morgan fingerprint density at radius 1 is 1.10 bits per heavy atom. The molecular weight excluding hydrogens is 274 g/mol. The fraction of sp³-hybridized carbons (Fsp3) is 0.467. The van der Waals surface area contributed by atoms with Crippen LogP contribution in [-0.2, 0) is 9.47 Å². The van der Waals surface area contributed by atoms with Crippen LogP contribution in [0.4, 0.5) is 0 Å². The lowest BCUT2D eigenvalue weighted by molar-refractivity contribution is 0.0674. The molecule has 1 aromatic carbocycles. The standard InChI is InChI=1S/C15H21NO5/c1-20-9-4-7-16(8-10-21-2)14(17)12-5-3-6-13(11-12)15(18)19/h3,5-6,11H,4,7-10H2,1-2H3,(H,18,19). The number of carbonyl (C=O) groups is 2. The minimum absolute atomic E-state index is 0.101. The number of nitrogens with zero attached hydrogens (tertiary/aromatic N) is 1. The van der Waals surface area contributed by atoms with Gasteiger partial charge in [0.1, 0.15) is 0 Å². The van der Waals surface area contributed by atoms with Crippen LogP contribution >= 0.6 is 0 Å². The molecule has 0 aliphatic carbocycles. The van der Waals surface area contributed by atoms with Gasteiger partial charge in [-0.05, 0) is 24.6 Å². The minimum atomic E-state index is -1.05. The molecular formula is C15H21NO5. The van der Waals surface area contributed by atoms with E-state index >= 15 is 0 Å². The van der Waals surface area contributed by atoms with Crippen LogP contribution < -0.4 is 0 Å². The molecule has 0 radical (unpaired) electrons. The second-order valence-electron chi connectivity index (χ2n) is 4.52. The fourth-order valence-corrected chi connectivity index (χ4v) is 1.88. The van der Waals surface area contributed by atoms with Crippen molar-refractivity contribution in [2.45, 2.75) is 6.42 Å². The molecule has 0 heterocycles. The van der Waals surface area contributed by atoms with Crippen molar-refractivity contribution in [2.24, 2.45) is 0 Å². The maximum Gasteiger partial charge on any atom is 0.335 e. The Morgan fingerprint density at radius 3 is 2.38 bits per heavy atom. The second kappa shape index (κ2) is 9.10. The molecule has 0 saturated carbocycles. The highest BCUT2D eigenvalue weighted by Crippen LogP contribution is 2.09. The maximum absolute atomic E-state index is 12.5. The van der Waals surface area contributed by atoms with Gasteiger partial charge in [-0.2, -0.15) is 0 Å². The van der Waals surface area contributed by atoms with Crippen molar-refractivity contribution in [1.82, 2.24) is 4.90 Å². The number of carbonyl (C=O) groups excluding carboxylic acids is 1. The summed E-state index contributed by atoms with van der Waals surface area (Å²) in [4.78, 5) is 25.1. The van der Waals surface area contributed by atoms with Crippen molar-refractivity contribution in [3.05, 3.63) is 35.4 Å². The third-order valence-corrected chi connectivity index (χ3v) is 2.99. The summed E-state index contributed by atoms with van der Waals surface area (Å²) in [5.41, 5.74) is 0.466. The third kappa shape index (κ3) is 5.53. The molecule has 6 nitrogen and oxygen atoms in total. The van der Waals surface area contributed by atoms with Gasteiger partial charge >= 0.3 is 5.97 Å². The molecule has 0 unspecified atom stereocenters. The maximum atomic E-state index is 12.5. The van der Waals surface area contributed by atoms with Crippen molar-refractivity contribution in [2.75, 3.05) is 40.5 Å². The van der Waals surface area contributed by atoms with E-state index < -0.39 is 5.97 Å². The van der Waals surface area contributed by atoms with E-state index in [9.17, 15) is 9.59 Å². The Morgan fingerprint density at radius 2 is 1.76 bits per heavy atom. The minimum Gasteiger partial charge on any atom is -0.478 e. The van der Waals surface area contributed by atoms with E-state index in [4.69, 9.17) is 14.6 Å². The molecule has 1 amide bonds. The lowest BCUT2D eigenvalue weighted by atomic mass is 10.1. The van der Waals surface area contributed by atoms with Gasteiger partial charge in [0.05, 0.1) is 12.2 Å². The lowest BCUT2D eigenvalue weighted by Gasteiger charge is -2.22. The Bertz CT molecular complexity index is 475. The first-order valence-corrected chi connectivity index (χ1v) is 6.70. The van der Waals surface area contributed by atoms with Gasteiger partial charge in [0, 0.05) is 39.5 Å². The van der Waals surface area contributed by atoms with E-state index in [1.54, 1.807) is 31.3 Å². The van der Waals surface area contributed by atoms with E-state index in [0.29, 0.717) is 38.3 Å². The number of hydrogen-bond donors (Lipinski definition) is 1. The summed E-state index contributed by atoms with van der Waals surface area (Å²) in [6, 6.07) is 6.04. The van der Waals surface area contributed by atoms with Crippen LogP contribution in [0, 0.1) is 0 Å². The number of carboxylic acid groups (broad SMARTS) is 1. The predicted molar refractivity (Wildman–Crippen MR) is 77.7 cm³/mol. The quantitative estimate of drug-likeness (QED) is 0.699. The molecule has 1 aromatic rings. The van der Waals surface area contributed by atoms with Crippen molar-refractivity contribution in [3.63, 3.8) is 0 Å². The van der Waals surface area contributed by atoms with Crippen molar-refractivity contribution in [3.8, 4) is 0 Å². The molecule has 21 heavy (non-hydrogen) atoms. The summed E-state index contributed by atoms with van der Waals surface area (Å²) in [6.07, 6.45) is 0.713. The Labute approximate surface area is 124 Å². The average Bonchev–Trinajstić information content (AvgIpc) is 2.50. The summed E-state index contributed by atoms with van der Waals surface area (Å²) in [6.45, 7) is 1.98. The molecule has 1 N–H and O–H groups in total. The van der Waals surface area contributed by atoms with Gasteiger partial charge in [0.15, 0.2) is 0 Å². The number of methoxy groups -OCH3 is 2. The molecule has 6 heteroatoms. The van der Waals surface area contributed by atoms with Crippen molar-refractivity contribution < 1.29 is 24.2 Å². The second-order valence-corrected chi connectivity index (χ2v) is 4.52. The summed E-state index contributed by atoms with van der Waals surface area (Å²) < 4.78 is 9.99. The first-order valence-electron chi connectivity index (χ1n) is 6.70. The molecule has 116 valence electrons. The Kier molecular flexibility index (Phi) is 7.42. The largest absolute Gasteiger partial charge is 0.478 e. The van der Waals surface area contributed by atoms with Gasteiger partial charge in [0.25, 0.3) is 5.91 Å². The molecule has 0 aliphatic rings. The number of ether oxygens (including phenoxy) is 2. The summed E-state index contributed by atoms with van der Waals surface area (Å²) in [5, 5.41) is 8.98. The van der Waals surface area contributed by atoms with Crippen molar-refractivity contribution >= 4 is 11.9 Å². The van der Waals surface area contributed by atoms with Crippen LogP contribution in [0.15, 0.2) is 24.3 Å². The van der Waals surface area contributed by atoms with Gasteiger partial charge in [-0.25, -0.2) is 4.79 Å². The number of aromatic carboxylic acids is 1. The highest BCUT2D eigenvalue weighted by Gasteiger charge is 2.16. The first kappa shape index (κ1) is 17.1.